The Morgan fingerprint density at radius 1 is 0.658 bits per heavy atom. The van der Waals surface area contributed by atoms with Crippen LogP contribution in [0.1, 0.15) is 139 Å². The highest BCUT2D eigenvalue weighted by Gasteiger charge is 2.37. The lowest BCUT2D eigenvalue weighted by atomic mass is 10.0. The monoisotopic (exact) mass is 519 g/mol. The SMILES string of the molecule is CCCCCCCCCCCCCCCCOC(=O)c1ccc2c(c1)C(=O)N(c1ccc(C)c(C)c1)C2=O. The maximum Gasteiger partial charge on any atom is 0.338 e. The van der Waals surface area contributed by atoms with Gasteiger partial charge in [0.25, 0.3) is 11.8 Å². The first kappa shape index (κ1) is 29.6. The maximum absolute atomic E-state index is 13.0. The summed E-state index contributed by atoms with van der Waals surface area (Å²) in [5.74, 6) is -1.22. The van der Waals surface area contributed by atoms with E-state index in [-0.39, 0.29) is 11.5 Å². The minimum atomic E-state index is -0.452. The molecular formula is C33H45NO4. The Hall–Kier alpha value is -2.95. The summed E-state index contributed by atoms with van der Waals surface area (Å²) in [6.07, 6.45) is 17.9. The Morgan fingerprint density at radius 2 is 1.21 bits per heavy atom. The van der Waals surface area contributed by atoms with Gasteiger partial charge in [-0.25, -0.2) is 9.69 Å². The lowest BCUT2D eigenvalue weighted by molar-refractivity contribution is 0.0497. The van der Waals surface area contributed by atoms with Gasteiger partial charge in [-0.1, -0.05) is 96.5 Å². The second kappa shape index (κ2) is 15.5. The average molecular weight is 520 g/mol. The van der Waals surface area contributed by atoms with Crippen LogP contribution in [0, 0.1) is 13.8 Å². The molecule has 0 bridgehead atoms. The Kier molecular flexibility index (Phi) is 12.0. The zero-order valence-electron chi connectivity index (χ0n) is 23.7. The minimum absolute atomic E-state index is 0.249. The van der Waals surface area contributed by atoms with Gasteiger partial charge in [0.05, 0.1) is 29.0 Å². The molecule has 1 heterocycles. The van der Waals surface area contributed by atoms with Crippen LogP contribution < -0.4 is 4.90 Å². The fourth-order valence-electron chi connectivity index (χ4n) is 5.01. The van der Waals surface area contributed by atoms with Crippen molar-refractivity contribution in [3.05, 3.63) is 64.2 Å². The Balaban J connectivity index is 1.32. The van der Waals surface area contributed by atoms with Crippen LogP contribution in [-0.4, -0.2) is 24.4 Å². The minimum Gasteiger partial charge on any atom is -0.462 e. The van der Waals surface area contributed by atoms with E-state index in [2.05, 4.69) is 6.92 Å². The van der Waals surface area contributed by atoms with E-state index < -0.39 is 11.9 Å². The molecule has 0 atom stereocenters. The van der Waals surface area contributed by atoms with Crippen molar-refractivity contribution in [3.63, 3.8) is 0 Å². The van der Waals surface area contributed by atoms with Crippen molar-refractivity contribution in [2.75, 3.05) is 11.5 Å². The highest BCUT2D eigenvalue weighted by molar-refractivity contribution is 6.34. The summed E-state index contributed by atoms with van der Waals surface area (Å²) in [6, 6.07) is 10.1. The molecule has 2 aromatic carbocycles. The van der Waals surface area contributed by atoms with Crippen molar-refractivity contribution in [1.29, 1.82) is 0 Å². The smallest absolute Gasteiger partial charge is 0.338 e. The number of fused-ring (bicyclic) bond motifs is 1. The molecule has 0 spiro atoms. The lowest BCUT2D eigenvalue weighted by Gasteiger charge is -2.15. The quantitative estimate of drug-likeness (QED) is 0.119. The van der Waals surface area contributed by atoms with E-state index in [4.69, 9.17) is 4.74 Å². The lowest BCUT2D eigenvalue weighted by Crippen LogP contribution is -2.29. The zero-order valence-corrected chi connectivity index (χ0v) is 23.7. The van der Waals surface area contributed by atoms with Crippen molar-refractivity contribution in [2.24, 2.45) is 0 Å². The van der Waals surface area contributed by atoms with Crippen molar-refractivity contribution in [2.45, 2.75) is 111 Å². The molecule has 0 aliphatic carbocycles. The number of aryl methyl sites for hydroxylation is 2. The Bertz CT molecular complexity index is 1090. The predicted molar refractivity (Wildman–Crippen MR) is 154 cm³/mol. The molecule has 0 N–H and O–H groups in total. The van der Waals surface area contributed by atoms with Crippen LogP contribution >= 0.6 is 0 Å². The second-order valence-electron chi connectivity index (χ2n) is 10.7. The Labute approximate surface area is 229 Å². The second-order valence-corrected chi connectivity index (χ2v) is 10.7. The average Bonchev–Trinajstić information content (AvgIpc) is 3.16. The molecule has 206 valence electrons. The van der Waals surface area contributed by atoms with Crippen LogP contribution in [0.15, 0.2) is 36.4 Å². The molecule has 1 aliphatic heterocycles. The van der Waals surface area contributed by atoms with E-state index in [1.165, 1.54) is 88.0 Å². The van der Waals surface area contributed by atoms with Crippen molar-refractivity contribution >= 4 is 23.5 Å². The number of nitrogens with zero attached hydrogens (tertiary/aromatic N) is 1. The number of carbonyl (C=O) groups excluding carboxylic acids is 3. The molecule has 0 fully saturated rings. The first-order valence-corrected chi connectivity index (χ1v) is 14.7. The van der Waals surface area contributed by atoms with E-state index in [0.29, 0.717) is 23.4 Å². The number of amides is 2. The van der Waals surface area contributed by atoms with E-state index in [0.717, 1.165) is 24.0 Å². The van der Waals surface area contributed by atoms with Gasteiger partial charge >= 0.3 is 5.97 Å². The fraction of sp³-hybridized carbons (Fsp3) is 0.545. The third-order valence-corrected chi connectivity index (χ3v) is 7.60. The van der Waals surface area contributed by atoms with Gasteiger partial charge in [-0.2, -0.15) is 0 Å². The molecule has 0 unspecified atom stereocenters. The first-order chi connectivity index (χ1) is 18.4. The van der Waals surface area contributed by atoms with Gasteiger partial charge in [-0.15, -0.1) is 0 Å². The van der Waals surface area contributed by atoms with Gasteiger partial charge in [-0.3, -0.25) is 9.59 Å². The normalized spacial score (nSPS) is 12.8. The van der Waals surface area contributed by atoms with Crippen LogP contribution in [0.2, 0.25) is 0 Å². The largest absolute Gasteiger partial charge is 0.462 e. The summed E-state index contributed by atoms with van der Waals surface area (Å²) < 4.78 is 5.45. The van der Waals surface area contributed by atoms with Gasteiger partial charge < -0.3 is 4.74 Å². The van der Waals surface area contributed by atoms with Gasteiger partial charge in [0.2, 0.25) is 0 Å². The molecule has 5 heteroatoms. The number of benzene rings is 2. The highest BCUT2D eigenvalue weighted by atomic mass is 16.5. The summed E-state index contributed by atoms with van der Waals surface area (Å²) in [7, 11) is 0. The van der Waals surface area contributed by atoms with E-state index in [1.54, 1.807) is 18.2 Å². The van der Waals surface area contributed by atoms with Gasteiger partial charge in [-0.05, 0) is 61.7 Å². The fourth-order valence-corrected chi connectivity index (χ4v) is 5.01. The molecule has 1 aliphatic rings. The molecule has 38 heavy (non-hydrogen) atoms. The topological polar surface area (TPSA) is 63.7 Å². The third kappa shape index (κ3) is 8.28. The number of rotatable bonds is 17. The van der Waals surface area contributed by atoms with Gasteiger partial charge in [0, 0.05) is 0 Å². The molecular weight excluding hydrogens is 474 g/mol. The number of hydrogen-bond donors (Lipinski definition) is 0. The predicted octanol–water partition coefficient (Wildman–Crippen LogP) is 8.74. The van der Waals surface area contributed by atoms with Crippen molar-refractivity contribution in [3.8, 4) is 0 Å². The molecule has 0 radical (unpaired) electrons. The number of esters is 1. The zero-order chi connectivity index (χ0) is 27.3. The third-order valence-electron chi connectivity index (χ3n) is 7.60. The van der Waals surface area contributed by atoms with Gasteiger partial charge in [0.15, 0.2) is 0 Å². The summed E-state index contributed by atoms with van der Waals surface area (Å²) in [5.41, 5.74) is 3.51. The van der Waals surface area contributed by atoms with Crippen molar-refractivity contribution < 1.29 is 19.1 Å². The molecule has 3 rings (SSSR count). The van der Waals surface area contributed by atoms with E-state index >= 15 is 0 Å². The summed E-state index contributed by atoms with van der Waals surface area (Å²) in [5, 5.41) is 0. The molecule has 5 nitrogen and oxygen atoms in total. The standard InChI is InChI=1S/C33H45NO4/c1-4-5-6-7-8-9-10-11-12-13-14-15-16-17-22-38-33(37)27-19-21-29-30(24-27)32(36)34(31(29)35)28-20-18-25(2)26(3)23-28/h18-21,23-24H,4-17,22H2,1-3H3. The molecule has 0 saturated heterocycles. The van der Waals surface area contributed by atoms with E-state index in [1.807, 2.05) is 26.0 Å². The molecule has 0 saturated carbocycles. The van der Waals surface area contributed by atoms with Crippen LogP contribution in [0.5, 0.6) is 0 Å². The molecule has 0 aromatic heterocycles. The van der Waals surface area contributed by atoms with Gasteiger partial charge in [0.1, 0.15) is 0 Å². The summed E-state index contributed by atoms with van der Waals surface area (Å²) >= 11 is 0. The number of carbonyl (C=O) groups is 3. The van der Waals surface area contributed by atoms with Crippen LogP contribution in [-0.2, 0) is 4.74 Å². The summed E-state index contributed by atoms with van der Waals surface area (Å²) in [4.78, 5) is 39.7. The number of imide groups is 1. The molecule has 2 amide bonds. The van der Waals surface area contributed by atoms with Crippen LogP contribution in [0.25, 0.3) is 0 Å². The highest BCUT2D eigenvalue weighted by Crippen LogP contribution is 2.30. The first-order valence-electron chi connectivity index (χ1n) is 14.7. The number of anilines is 1. The van der Waals surface area contributed by atoms with Crippen LogP contribution in [0.4, 0.5) is 5.69 Å². The van der Waals surface area contributed by atoms with E-state index in [9.17, 15) is 14.4 Å². The van der Waals surface area contributed by atoms with Crippen LogP contribution in [0.3, 0.4) is 0 Å². The molecule has 2 aromatic rings. The maximum atomic E-state index is 13.0. The number of unbranched alkanes of at least 4 members (excludes halogenated alkanes) is 13. The van der Waals surface area contributed by atoms with Crippen molar-refractivity contribution in [1.82, 2.24) is 0 Å². The summed E-state index contributed by atoms with van der Waals surface area (Å²) in [6.45, 7) is 6.56. The number of ether oxygens (including phenoxy) is 1. The number of hydrogen-bond acceptors (Lipinski definition) is 4. The Morgan fingerprint density at radius 3 is 1.79 bits per heavy atom.